The van der Waals surface area contributed by atoms with E-state index in [0.29, 0.717) is 6.61 Å². The Morgan fingerprint density at radius 2 is 1.56 bits per heavy atom. The van der Waals surface area contributed by atoms with E-state index in [9.17, 15) is 4.57 Å². The van der Waals surface area contributed by atoms with Crippen LogP contribution in [-0.2, 0) is 9.09 Å². The minimum atomic E-state index is -2.02. The first-order valence-corrected chi connectivity index (χ1v) is 8.38. The van der Waals surface area contributed by atoms with E-state index >= 15 is 0 Å². The van der Waals surface area contributed by atoms with E-state index in [4.69, 9.17) is 4.52 Å². The van der Waals surface area contributed by atoms with Crippen molar-refractivity contribution in [3.05, 3.63) is 30.3 Å². The zero-order valence-corrected chi connectivity index (χ0v) is 12.4. The predicted molar refractivity (Wildman–Crippen MR) is 79.0 cm³/mol. The van der Waals surface area contributed by atoms with Crippen LogP contribution < -0.4 is 5.30 Å². The maximum Gasteiger partial charge on any atom is 0.220 e. The Labute approximate surface area is 112 Å². The van der Waals surface area contributed by atoms with Crippen LogP contribution in [0.25, 0.3) is 0 Å². The molecular weight excluding hydrogens is 243 g/mol. The van der Waals surface area contributed by atoms with Crippen molar-refractivity contribution in [1.82, 2.24) is 0 Å². The third kappa shape index (κ3) is 6.98. The molecule has 0 N–H and O–H groups in total. The quantitative estimate of drug-likeness (QED) is 0.459. The lowest BCUT2D eigenvalue weighted by Crippen LogP contribution is -1.98. The maximum absolute atomic E-state index is 11.8. The lowest BCUT2D eigenvalue weighted by molar-refractivity contribution is 0.321. The molecule has 0 aliphatic carbocycles. The molecule has 0 fully saturated rings. The Morgan fingerprint density at radius 3 is 2.22 bits per heavy atom. The molecule has 1 unspecified atom stereocenters. The average Bonchev–Trinajstić information content (AvgIpc) is 2.42. The monoisotopic (exact) mass is 268 g/mol. The molecule has 0 spiro atoms. The summed E-state index contributed by atoms with van der Waals surface area (Å²) in [7, 11) is -2.02. The molecule has 0 radical (unpaired) electrons. The molecule has 0 aliphatic rings. The van der Waals surface area contributed by atoms with Gasteiger partial charge in [0.15, 0.2) is 0 Å². The molecule has 0 aromatic heterocycles. The van der Waals surface area contributed by atoms with E-state index < -0.39 is 8.03 Å². The summed E-state index contributed by atoms with van der Waals surface area (Å²) >= 11 is 0. The zero-order valence-electron chi connectivity index (χ0n) is 11.4. The van der Waals surface area contributed by atoms with E-state index in [1.807, 2.05) is 30.3 Å². The fourth-order valence-corrected chi connectivity index (χ4v) is 2.84. The molecule has 3 heteroatoms. The molecule has 0 saturated heterocycles. The normalized spacial score (nSPS) is 12.5. The lowest BCUT2D eigenvalue weighted by atomic mass is 10.1. The first-order valence-electron chi connectivity index (χ1n) is 7.06. The van der Waals surface area contributed by atoms with Crippen molar-refractivity contribution in [2.24, 2.45) is 0 Å². The first-order chi connectivity index (χ1) is 8.84. The van der Waals surface area contributed by atoms with Crippen molar-refractivity contribution in [3.8, 4) is 0 Å². The van der Waals surface area contributed by atoms with Crippen molar-refractivity contribution in [2.75, 3.05) is 6.61 Å². The van der Waals surface area contributed by atoms with Gasteiger partial charge in [0.1, 0.15) is 0 Å². The standard InChI is InChI=1S/C15H25O2P/c1-2-3-4-5-6-7-11-14-17-18(16)15-12-9-8-10-13-15/h8-10,12-13,18H,2-7,11,14H2,1H3. The highest BCUT2D eigenvalue weighted by atomic mass is 31.1. The van der Waals surface area contributed by atoms with Gasteiger partial charge in [-0.15, -0.1) is 0 Å². The Bertz CT molecular complexity index is 325. The highest BCUT2D eigenvalue weighted by Gasteiger charge is 2.01. The van der Waals surface area contributed by atoms with E-state index in [0.717, 1.165) is 11.7 Å². The van der Waals surface area contributed by atoms with Crippen LogP contribution in [-0.4, -0.2) is 6.61 Å². The molecule has 0 bridgehead atoms. The number of hydrogen-bond acceptors (Lipinski definition) is 2. The summed E-state index contributed by atoms with van der Waals surface area (Å²) in [5.41, 5.74) is 0. The molecular formula is C15H25O2P. The highest BCUT2D eigenvalue weighted by Crippen LogP contribution is 2.21. The molecule has 2 nitrogen and oxygen atoms in total. The van der Waals surface area contributed by atoms with Crippen molar-refractivity contribution < 1.29 is 9.09 Å². The van der Waals surface area contributed by atoms with Gasteiger partial charge in [0.2, 0.25) is 8.03 Å². The number of benzene rings is 1. The van der Waals surface area contributed by atoms with Gasteiger partial charge in [-0.2, -0.15) is 0 Å². The predicted octanol–water partition coefficient (Wildman–Crippen LogP) is 4.55. The van der Waals surface area contributed by atoms with Gasteiger partial charge in [-0.25, -0.2) is 0 Å². The molecule has 102 valence electrons. The lowest BCUT2D eigenvalue weighted by Gasteiger charge is -2.04. The summed E-state index contributed by atoms with van der Waals surface area (Å²) in [6.45, 7) is 2.86. The SMILES string of the molecule is CCCCCCCCCO[PH](=O)c1ccccc1. The van der Waals surface area contributed by atoms with Gasteiger partial charge < -0.3 is 4.52 Å². The number of rotatable bonds is 10. The van der Waals surface area contributed by atoms with E-state index in [1.54, 1.807) is 0 Å². The smallest absolute Gasteiger partial charge is 0.220 e. The molecule has 0 heterocycles. The fraction of sp³-hybridized carbons (Fsp3) is 0.600. The minimum Gasteiger partial charge on any atom is -0.327 e. The van der Waals surface area contributed by atoms with Gasteiger partial charge in [0.05, 0.1) is 6.61 Å². The van der Waals surface area contributed by atoms with Crippen LogP contribution in [0.15, 0.2) is 30.3 Å². The van der Waals surface area contributed by atoms with Crippen LogP contribution in [0.3, 0.4) is 0 Å². The molecule has 0 saturated carbocycles. The molecule has 1 atom stereocenters. The summed E-state index contributed by atoms with van der Waals surface area (Å²) in [5, 5.41) is 0.824. The van der Waals surface area contributed by atoms with Crippen LogP contribution >= 0.6 is 8.03 Å². The second-order valence-corrected chi connectivity index (χ2v) is 6.06. The van der Waals surface area contributed by atoms with Crippen LogP contribution in [0.4, 0.5) is 0 Å². The third-order valence-corrected chi connectivity index (χ3v) is 4.26. The van der Waals surface area contributed by atoms with Crippen molar-refractivity contribution in [2.45, 2.75) is 51.9 Å². The van der Waals surface area contributed by atoms with Crippen LogP contribution in [0.1, 0.15) is 51.9 Å². The second kappa shape index (κ2) is 10.3. The zero-order chi connectivity index (χ0) is 13.1. The summed E-state index contributed by atoms with van der Waals surface area (Å²) in [6, 6.07) is 9.46. The topological polar surface area (TPSA) is 26.3 Å². The first kappa shape index (κ1) is 15.5. The Kier molecular flexibility index (Phi) is 8.89. The largest absolute Gasteiger partial charge is 0.327 e. The summed E-state index contributed by atoms with van der Waals surface area (Å²) in [6.07, 6.45) is 8.79. The van der Waals surface area contributed by atoms with Crippen LogP contribution in [0, 0.1) is 0 Å². The van der Waals surface area contributed by atoms with Gasteiger partial charge in [0, 0.05) is 5.30 Å². The second-order valence-electron chi connectivity index (χ2n) is 4.62. The van der Waals surface area contributed by atoms with Crippen LogP contribution in [0.5, 0.6) is 0 Å². The van der Waals surface area contributed by atoms with Crippen molar-refractivity contribution >= 4 is 13.3 Å². The molecule has 1 rings (SSSR count). The van der Waals surface area contributed by atoms with Gasteiger partial charge in [-0.1, -0.05) is 63.6 Å². The number of unbranched alkanes of at least 4 members (excludes halogenated alkanes) is 6. The summed E-state index contributed by atoms with van der Waals surface area (Å²) in [5.74, 6) is 0. The molecule has 18 heavy (non-hydrogen) atoms. The maximum atomic E-state index is 11.8. The Balaban J connectivity index is 2.00. The molecule has 1 aromatic carbocycles. The van der Waals surface area contributed by atoms with Crippen molar-refractivity contribution in [3.63, 3.8) is 0 Å². The fourth-order valence-electron chi connectivity index (χ4n) is 1.88. The van der Waals surface area contributed by atoms with Gasteiger partial charge in [-0.3, -0.25) is 4.57 Å². The minimum absolute atomic E-state index is 0.625. The van der Waals surface area contributed by atoms with Crippen LogP contribution in [0.2, 0.25) is 0 Å². The van der Waals surface area contributed by atoms with E-state index in [1.165, 1.54) is 38.5 Å². The van der Waals surface area contributed by atoms with Gasteiger partial charge in [-0.05, 0) is 18.6 Å². The molecule has 1 aromatic rings. The van der Waals surface area contributed by atoms with Gasteiger partial charge >= 0.3 is 0 Å². The Hall–Kier alpha value is -0.590. The van der Waals surface area contributed by atoms with E-state index in [-0.39, 0.29) is 0 Å². The Morgan fingerprint density at radius 1 is 0.944 bits per heavy atom. The van der Waals surface area contributed by atoms with Gasteiger partial charge in [0.25, 0.3) is 0 Å². The summed E-state index contributed by atoms with van der Waals surface area (Å²) in [4.78, 5) is 0. The highest BCUT2D eigenvalue weighted by molar-refractivity contribution is 7.48. The molecule has 0 aliphatic heterocycles. The average molecular weight is 268 g/mol. The summed E-state index contributed by atoms with van der Waals surface area (Å²) < 4.78 is 17.2. The third-order valence-electron chi connectivity index (χ3n) is 2.99. The number of hydrogen-bond donors (Lipinski definition) is 0. The van der Waals surface area contributed by atoms with Crippen molar-refractivity contribution in [1.29, 1.82) is 0 Å². The molecule has 0 amide bonds. The van der Waals surface area contributed by atoms with E-state index in [2.05, 4.69) is 6.92 Å².